The molecule has 0 unspecified atom stereocenters. The molecule has 3 fully saturated rings. The van der Waals surface area contributed by atoms with E-state index in [-0.39, 0.29) is 23.6 Å². The molecule has 0 spiro atoms. The first-order chi connectivity index (χ1) is 17.1. The van der Waals surface area contributed by atoms with Crippen molar-refractivity contribution < 1.29 is 22.3 Å². The number of likely N-dealkylation sites (tertiary alicyclic amines) is 1. The minimum atomic E-state index is -3.80. The van der Waals surface area contributed by atoms with Crippen LogP contribution < -0.4 is 9.46 Å². The molecule has 2 aliphatic carbocycles. The van der Waals surface area contributed by atoms with Crippen molar-refractivity contribution in [2.45, 2.75) is 69.4 Å². The monoisotopic (exact) mass is 535 g/mol. The number of hydrogen-bond acceptors (Lipinski definition) is 6. The zero-order valence-electron chi connectivity index (χ0n) is 20.5. The summed E-state index contributed by atoms with van der Waals surface area (Å²) in [5, 5.41) is 0.733. The molecule has 3 aliphatic rings. The minimum absolute atomic E-state index is 0.0906. The second kappa shape index (κ2) is 9.91. The molecule has 2 atom stereocenters. The second-order valence-corrected chi connectivity index (χ2v) is 12.4. The molecule has 2 aromatic rings. The Labute approximate surface area is 216 Å². The molecule has 1 amide bonds. The van der Waals surface area contributed by atoms with Gasteiger partial charge in [0, 0.05) is 24.6 Å². The van der Waals surface area contributed by atoms with Crippen LogP contribution in [0, 0.1) is 5.82 Å². The molecule has 194 valence electrons. The number of piperidine rings is 1. The lowest BCUT2D eigenvalue weighted by atomic mass is 10.0. The molecular formula is C26H31ClFN3O4S. The van der Waals surface area contributed by atoms with Gasteiger partial charge in [0.05, 0.1) is 28.2 Å². The number of sulfonamides is 1. The van der Waals surface area contributed by atoms with Gasteiger partial charge in [-0.05, 0) is 81.7 Å². The van der Waals surface area contributed by atoms with Gasteiger partial charge in [0.1, 0.15) is 17.7 Å². The van der Waals surface area contributed by atoms with Crippen molar-refractivity contribution in [3.05, 3.63) is 57.6 Å². The molecule has 2 heterocycles. The Kier molecular flexibility index (Phi) is 7.00. The highest BCUT2D eigenvalue weighted by Gasteiger charge is 2.33. The van der Waals surface area contributed by atoms with E-state index in [0.29, 0.717) is 18.2 Å². The van der Waals surface area contributed by atoms with Crippen molar-refractivity contribution >= 4 is 27.5 Å². The number of nitrogens with one attached hydrogen (secondary N) is 1. The quantitative estimate of drug-likeness (QED) is 0.516. The minimum Gasteiger partial charge on any atom is -0.489 e. The number of carbonyl (C=O) groups is 1. The van der Waals surface area contributed by atoms with Crippen LogP contribution in [0.4, 0.5) is 4.39 Å². The Balaban J connectivity index is 1.32. The third-order valence-corrected chi connectivity index (χ3v) is 8.05. The van der Waals surface area contributed by atoms with E-state index in [1.807, 2.05) is 16.9 Å². The molecule has 2 saturated carbocycles. The largest absolute Gasteiger partial charge is 0.489 e. The summed E-state index contributed by atoms with van der Waals surface area (Å²) < 4.78 is 46.0. The standard InChI is InChI=1S/C26H31ClFN3O4S/c1-15(23-10-9-21(27)25(29-23)17-7-8-17)31-11-3-4-18(14-31)35-24-13-22(28)20(12-19(24)16-5-6-16)26(32)30-36(2,33)34/h9-10,12-13,15-18H,3-8,11,14H2,1-2H3,(H,30,32)/t15-,18+/m0/s1. The van der Waals surface area contributed by atoms with E-state index in [2.05, 4.69) is 11.8 Å². The van der Waals surface area contributed by atoms with Crippen LogP contribution in [0.1, 0.15) is 90.6 Å². The average Bonchev–Trinajstić information content (AvgIpc) is 3.72. The van der Waals surface area contributed by atoms with Crippen molar-refractivity contribution in [2.24, 2.45) is 0 Å². The first-order valence-electron chi connectivity index (χ1n) is 12.5. The maximum Gasteiger partial charge on any atom is 0.267 e. The molecule has 1 aliphatic heterocycles. The predicted molar refractivity (Wildman–Crippen MR) is 136 cm³/mol. The molecule has 1 N–H and O–H groups in total. The highest BCUT2D eigenvalue weighted by Crippen LogP contribution is 2.46. The van der Waals surface area contributed by atoms with Gasteiger partial charge in [0.2, 0.25) is 10.0 Å². The zero-order chi connectivity index (χ0) is 25.6. The summed E-state index contributed by atoms with van der Waals surface area (Å²) in [6.07, 6.45) is 6.63. The maximum atomic E-state index is 14.9. The van der Waals surface area contributed by atoms with Crippen molar-refractivity contribution in [2.75, 3.05) is 19.3 Å². The van der Waals surface area contributed by atoms with Gasteiger partial charge in [-0.1, -0.05) is 11.6 Å². The fraction of sp³-hybridized carbons (Fsp3) is 0.538. The van der Waals surface area contributed by atoms with Crippen LogP contribution in [0.5, 0.6) is 5.75 Å². The number of ether oxygens (including phenoxy) is 1. The lowest BCUT2D eigenvalue weighted by molar-refractivity contribution is 0.0639. The van der Waals surface area contributed by atoms with Crippen molar-refractivity contribution in [3.8, 4) is 5.75 Å². The molecule has 7 nitrogen and oxygen atoms in total. The van der Waals surface area contributed by atoms with Crippen LogP contribution in [0.15, 0.2) is 24.3 Å². The van der Waals surface area contributed by atoms with Gasteiger partial charge in [-0.2, -0.15) is 0 Å². The highest BCUT2D eigenvalue weighted by atomic mass is 35.5. The molecule has 0 bridgehead atoms. The molecule has 1 saturated heterocycles. The van der Waals surface area contributed by atoms with E-state index in [4.69, 9.17) is 21.3 Å². The molecule has 1 aromatic heterocycles. The van der Waals surface area contributed by atoms with Crippen LogP contribution in [-0.4, -0.2) is 49.7 Å². The van der Waals surface area contributed by atoms with E-state index in [1.54, 1.807) is 0 Å². The van der Waals surface area contributed by atoms with Gasteiger partial charge in [-0.25, -0.2) is 17.5 Å². The Morgan fingerprint density at radius 3 is 2.58 bits per heavy atom. The van der Waals surface area contributed by atoms with Gasteiger partial charge in [0.25, 0.3) is 5.91 Å². The number of pyridine rings is 1. The SMILES string of the molecule is C[C@@H](c1ccc(Cl)c(C2CC2)n1)N1CCC[C@@H](Oc2cc(F)c(C(=O)NS(C)(=O)=O)cc2C2CC2)C1. The van der Waals surface area contributed by atoms with Crippen LogP contribution in [0.25, 0.3) is 0 Å². The molecule has 1 aromatic carbocycles. The maximum absolute atomic E-state index is 14.9. The average molecular weight is 536 g/mol. The molecule has 36 heavy (non-hydrogen) atoms. The van der Waals surface area contributed by atoms with Gasteiger partial charge >= 0.3 is 0 Å². The number of rotatable bonds is 8. The van der Waals surface area contributed by atoms with Crippen LogP contribution in [0.2, 0.25) is 5.02 Å². The van der Waals surface area contributed by atoms with Crippen LogP contribution in [0.3, 0.4) is 0 Å². The predicted octanol–water partition coefficient (Wildman–Crippen LogP) is 4.92. The number of hydrogen-bond donors (Lipinski definition) is 1. The van der Waals surface area contributed by atoms with Crippen molar-refractivity contribution in [3.63, 3.8) is 0 Å². The zero-order valence-corrected chi connectivity index (χ0v) is 22.0. The van der Waals surface area contributed by atoms with Gasteiger partial charge in [-0.15, -0.1) is 0 Å². The number of halogens is 2. The smallest absolute Gasteiger partial charge is 0.267 e. The second-order valence-electron chi connectivity index (χ2n) is 10.3. The molecule has 10 heteroatoms. The topological polar surface area (TPSA) is 88.6 Å². The molecular weight excluding hydrogens is 505 g/mol. The Morgan fingerprint density at radius 2 is 1.92 bits per heavy atom. The lowest BCUT2D eigenvalue weighted by Gasteiger charge is -2.37. The Morgan fingerprint density at radius 1 is 1.19 bits per heavy atom. The Bertz CT molecular complexity index is 1280. The fourth-order valence-corrected chi connectivity index (χ4v) is 5.62. The van der Waals surface area contributed by atoms with Gasteiger partial charge in [0.15, 0.2) is 0 Å². The van der Waals surface area contributed by atoms with Crippen molar-refractivity contribution in [1.82, 2.24) is 14.6 Å². The highest BCUT2D eigenvalue weighted by molar-refractivity contribution is 7.89. The summed E-state index contributed by atoms with van der Waals surface area (Å²) >= 11 is 6.37. The summed E-state index contributed by atoms with van der Waals surface area (Å²) in [5.74, 6) is -0.675. The molecule has 5 rings (SSSR count). The normalized spacial score (nSPS) is 21.7. The number of amides is 1. The number of benzene rings is 1. The van der Waals surface area contributed by atoms with E-state index in [9.17, 15) is 17.6 Å². The third kappa shape index (κ3) is 5.84. The molecule has 0 radical (unpaired) electrons. The van der Waals surface area contributed by atoms with Crippen LogP contribution >= 0.6 is 11.6 Å². The summed E-state index contributed by atoms with van der Waals surface area (Å²) in [5.41, 5.74) is 2.46. The van der Waals surface area contributed by atoms with E-state index in [0.717, 1.165) is 73.3 Å². The summed E-state index contributed by atoms with van der Waals surface area (Å²) in [4.78, 5) is 19.5. The Hall–Kier alpha value is -2.23. The fourth-order valence-electron chi connectivity index (χ4n) is 4.91. The van der Waals surface area contributed by atoms with E-state index >= 15 is 0 Å². The van der Waals surface area contributed by atoms with Crippen LogP contribution in [-0.2, 0) is 10.0 Å². The number of carbonyl (C=O) groups excluding carboxylic acids is 1. The summed E-state index contributed by atoms with van der Waals surface area (Å²) in [6.45, 7) is 3.73. The third-order valence-electron chi connectivity index (χ3n) is 7.18. The summed E-state index contributed by atoms with van der Waals surface area (Å²) in [6, 6.07) is 6.70. The first kappa shape index (κ1) is 25.4. The first-order valence-corrected chi connectivity index (χ1v) is 14.8. The van der Waals surface area contributed by atoms with Crippen molar-refractivity contribution in [1.29, 1.82) is 0 Å². The summed E-state index contributed by atoms with van der Waals surface area (Å²) in [7, 11) is -3.80. The van der Waals surface area contributed by atoms with E-state index < -0.39 is 21.7 Å². The lowest BCUT2D eigenvalue weighted by Crippen LogP contribution is -2.42. The van der Waals surface area contributed by atoms with Gasteiger partial charge < -0.3 is 4.74 Å². The number of aromatic nitrogens is 1. The van der Waals surface area contributed by atoms with Gasteiger partial charge in [-0.3, -0.25) is 14.7 Å². The van der Waals surface area contributed by atoms with E-state index in [1.165, 1.54) is 12.1 Å². The number of nitrogens with zero attached hydrogens (tertiary/aromatic N) is 2.